The molecule has 3 nitrogen and oxygen atoms in total. The molecule has 1 fully saturated rings. The largest absolute Gasteiger partial charge is 0.393 e. The van der Waals surface area contributed by atoms with Gasteiger partial charge < -0.3 is 10.4 Å². The summed E-state index contributed by atoms with van der Waals surface area (Å²) in [6.07, 6.45) is 1.99. The van der Waals surface area contributed by atoms with E-state index in [1.807, 2.05) is 7.05 Å². The van der Waals surface area contributed by atoms with Gasteiger partial charge in [-0.25, -0.2) is 0 Å². The van der Waals surface area contributed by atoms with E-state index in [1.165, 1.54) is 6.42 Å². The van der Waals surface area contributed by atoms with E-state index in [1.54, 1.807) is 0 Å². The zero-order valence-electron chi connectivity index (χ0n) is 12.1. The Morgan fingerprint density at radius 2 is 1.88 bits per heavy atom. The van der Waals surface area contributed by atoms with Crippen molar-refractivity contribution in [2.75, 3.05) is 20.1 Å². The van der Waals surface area contributed by atoms with Crippen molar-refractivity contribution in [2.24, 2.45) is 11.8 Å². The fourth-order valence-corrected chi connectivity index (χ4v) is 2.66. The normalized spacial score (nSPS) is 28.9. The molecular formula is C14H30N2O. The summed E-state index contributed by atoms with van der Waals surface area (Å²) in [6.45, 7) is 11.0. The van der Waals surface area contributed by atoms with Crippen molar-refractivity contribution in [2.45, 2.75) is 58.7 Å². The highest BCUT2D eigenvalue weighted by atomic mass is 16.3. The maximum Gasteiger partial charge on any atom is 0.0566 e. The number of nitrogens with one attached hydrogen (secondary N) is 1. The van der Waals surface area contributed by atoms with Crippen molar-refractivity contribution in [3.8, 4) is 0 Å². The summed E-state index contributed by atoms with van der Waals surface area (Å²) < 4.78 is 0. The van der Waals surface area contributed by atoms with Gasteiger partial charge in [0.2, 0.25) is 0 Å². The highest BCUT2D eigenvalue weighted by molar-refractivity contribution is 4.85. The number of aliphatic hydroxyl groups is 1. The molecule has 3 unspecified atom stereocenters. The van der Waals surface area contributed by atoms with Crippen LogP contribution < -0.4 is 5.32 Å². The summed E-state index contributed by atoms with van der Waals surface area (Å²) in [6, 6.07) is 1.18. The average molecular weight is 242 g/mol. The van der Waals surface area contributed by atoms with Crippen LogP contribution in [-0.2, 0) is 0 Å². The first-order chi connectivity index (χ1) is 7.93. The number of hydrogen-bond acceptors (Lipinski definition) is 3. The van der Waals surface area contributed by atoms with Crippen LogP contribution in [0.15, 0.2) is 0 Å². The number of likely N-dealkylation sites (tertiary alicyclic amines) is 1. The van der Waals surface area contributed by atoms with Crippen LogP contribution in [0.5, 0.6) is 0 Å². The van der Waals surface area contributed by atoms with E-state index in [2.05, 4.69) is 37.9 Å². The van der Waals surface area contributed by atoms with Gasteiger partial charge in [-0.05, 0) is 45.6 Å². The van der Waals surface area contributed by atoms with Crippen LogP contribution in [0, 0.1) is 11.8 Å². The molecule has 0 aromatic carbocycles. The Bertz CT molecular complexity index is 216. The van der Waals surface area contributed by atoms with Crippen molar-refractivity contribution < 1.29 is 5.11 Å². The molecule has 17 heavy (non-hydrogen) atoms. The van der Waals surface area contributed by atoms with E-state index in [9.17, 15) is 5.11 Å². The highest BCUT2D eigenvalue weighted by Crippen LogP contribution is 2.24. The van der Waals surface area contributed by atoms with E-state index >= 15 is 0 Å². The van der Waals surface area contributed by atoms with E-state index in [-0.39, 0.29) is 6.10 Å². The van der Waals surface area contributed by atoms with Crippen LogP contribution in [0.4, 0.5) is 0 Å². The topological polar surface area (TPSA) is 35.5 Å². The van der Waals surface area contributed by atoms with Crippen molar-refractivity contribution in [3.05, 3.63) is 0 Å². The average Bonchev–Trinajstić information content (AvgIpc) is 2.28. The van der Waals surface area contributed by atoms with Crippen LogP contribution >= 0.6 is 0 Å². The molecule has 0 saturated carbocycles. The third-order valence-electron chi connectivity index (χ3n) is 4.05. The van der Waals surface area contributed by atoms with Gasteiger partial charge >= 0.3 is 0 Å². The summed E-state index contributed by atoms with van der Waals surface area (Å²) in [4.78, 5) is 2.53. The third kappa shape index (κ3) is 4.57. The van der Waals surface area contributed by atoms with E-state index < -0.39 is 0 Å². The maximum atomic E-state index is 10.0. The number of rotatable bonds is 5. The molecule has 3 heteroatoms. The van der Waals surface area contributed by atoms with Crippen molar-refractivity contribution in [1.82, 2.24) is 10.2 Å². The van der Waals surface area contributed by atoms with Gasteiger partial charge in [0.15, 0.2) is 0 Å². The summed E-state index contributed by atoms with van der Waals surface area (Å²) in [5.74, 6) is 0.999. The van der Waals surface area contributed by atoms with Gasteiger partial charge in [0.1, 0.15) is 0 Å². The van der Waals surface area contributed by atoms with Gasteiger partial charge in [0, 0.05) is 25.2 Å². The van der Waals surface area contributed by atoms with Crippen LogP contribution in [0.3, 0.4) is 0 Å². The highest BCUT2D eigenvalue weighted by Gasteiger charge is 2.29. The SMILES string of the molecule is CNC1CC(CC(O)C(C)C)CN(C(C)C)C1. The van der Waals surface area contributed by atoms with Crippen LogP contribution in [0.25, 0.3) is 0 Å². The Hall–Kier alpha value is -0.120. The fourth-order valence-electron chi connectivity index (χ4n) is 2.66. The summed E-state index contributed by atoms with van der Waals surface area (Å²) in [5.41, 5.74) is 0. The number of aliphatic hydroxyl groups excluding tert-OH is 1. The summed E-state index contributed by atoms with van der Waals surface area (Å²) >= 11 is 0. The molecule has 1 rings (SSSR count). The monoisotopic (exact) mass is 242 g/mol. The molecule has 1 aliphatic rings. The minimum atomic E-state index is -0.149. The first-order valence-electron chi connectivity index (χ1n) is 7.03. The lowest BCUT2D eigenvalue weighted by Gasteiger charge is -2.40. The second-order valence-electron chi connectivity index (χ2n) is 6.18. The zero-order valence-corrected chi connectivity index (χ0v) is 12.1. The summed E-state index contributed by atoms with van der Waals surface area (Å²) in [7, 11) is 2.05. The molecule has 0 amide bonds. The van der Waals surface area contributed by atoms with Crippen LogP contribution in [0.2, 0.25) is 0 Å². The third-order valence-corrected chi connectivity index (χ3v) is 4.05. The lowest BCUT2D eigenvalue weighted by Crippen LogP contribution is -2.51. The molecule has 0 spiro atoms. The molecule has 0 aromatic rings. The lowest BCUT2D eigenvalue weighted by atomic mass is 9.86. The van der Waals surface area contributed by atoms with Crippen LogP contribution in [0.1, 0.15) is 40.5 Å². The fraction of sp³-hybridized carbons (Fsp3) is 1.00. The number of nitrogens with zero attached hydrogens (tertiary/aromatic N) is 1. The Kier molecular flexibility index (Phi) is 5.90. The minimum Gasteiger partial charge on any atom is -0.393 e. The Balaban J connectivity index is 2.53. The number of piperidine rings is 1. The quantitative estimate of drug-likeness (QED) is 0.770. The second-order valence-corrected chi connectivity index (χ2v) is 6.18. The predicted octanol–water partition coefficient (Wildman–Crippen LogP) is 1.71. The van der Waals surface area contributed by atoms with Gasteiger partial charge in [-0.2, -0.15) is 0 Å². The van der Waals surface area contributed by atoms with Crippen molar-refractivity contribution in [3.63, 3.8) is 0 Å². The number of hydrogen-bond donors (Lipinski definition) is 2. The molecule has 0 bridgehead atoms. The minimum absolute atomic E-state index is 0.149. The van der Waals surface area contributed by atoms with E-state index in [0.29, 0.717) is 23.9 Å². The smallest absolute Gasteiger partial charge is 0.0566 e. The molecule has 2 N–H and O–H groups in total. The summed E-state index contributed by atoms with van der Waals surface area (Å²) in [5, 5.41) is 13.4. The first kappa shape index (κ1) is 14.9. The Morgan fingerprint density at radius 3 is 2.35 bits per heavy atom. The van der Waals surface area contributed by atoms with Gasteiger partial charge in [-0.15, -0.1) is 0 Å². The molecule has 1 saturated heterocycles. The number of likely N-dealkylation sites (N-methyl/N-ethyl adjacent to an activating group) is 1. The first-order valence-corrected chi connectivity index (χ1v) is 7.03. The predicted molar refractivity (Wildman–Crippen MR) is 73.1 cm³/mol. The van der Waals surface area contributed by atoms with Crippen molar-refractivity contribution in [1.29, 1.82) is 0 Å². The standard InChI is InChI=1S/C14H30N2O/c1-10(2)14(17)7-12-6-13(15-5)9-16(8-12)11(3)4/h10-15,17H,6-9H2,1-5H3. The Morgan fingerprint density at radius 1 is 1.24 bits per heavy atom. The molecule has 0 aliphatic carbocycles. The van der Waals surface area contributed by atoms with Gasteiger partial charge in [0.25, 0.3) is 0 Å². The Labute approximate surface area is 107 Å². The van der Waals surface area contributed by atoms with E-state index in [4.69, 9.17) is 0 Å². The molecule has 102 valence electrons. The maximum absolute atomic E-state index is 10.0. The van der Waals surface area contributed by atoms with Gasteiger partial charge in [-0.3, -0.25) is 4.90 Å². The molecule has 3 atom stereocenters. The lowest BCUT2D eigenvalue weighted by molar-refractivity contribution is 0.0531. The van der Waals surface area contributed by atoms with Gasteiger partial charge in [-0.1, -0.05) is 13.8 Å². The second kappa shape index (κ2) is 6.72. The van der Waals surface area contributed by atoms with E-state index in [0.717, 1.165) is 19.5 Å². The van der Waals surface area contributed by atoms with Crippen molar-refractivity contribution >= 4 is 0 Å². The van der Waals surface area contributed by atoms with Gasteiger partial charge in [0.05, 0.1) is 6.10 Å². The van der Waals surface area contributed by atoms with Crippen LogP contribution in [-0.4, -0.2) is 48.3 Å². The molecule has 0 radical (unpaired) electrons. The molecule has 0 aromatic heterocycles. The zero-order chi connectivity index (χ0) is 13.0. The molecule has 1 aliphatic heterocycles. The molecule has 1 heterocycles. The molecular weight excluding hydrogens is 212 g/mol.